The molecule has 3 heterocycles. The second kappa shape index (κ2) is 33.0. The third kappa shape index (κ3) is 22.8. The number of aromatic amines is 1. The number of aliphatic hydroxyl groups excluding tert-OH is 1. The fraction of sp³-hybridized carbons (Fsp3) is 0.528. The van der Waals surface area contributed by atoms with Gasteiger partial charge in [-0.2, -0.15) is 0 Å². The quantitative estimate of drug-likeness (QED) is 0.0257. The van der Waals surface area contributed by atoms with Crippen LogP contribution in [0.3, 0.4) is 0 Å². The first kappa shape index (κ1) is 64.7. The van der Waals surface area contributed by atoms with Crippen molar-refractivity contribution in [1.82, 2.24) is 55.3 Å². The van der Waals surface area contributed by atoms with Gasteiger partial charge in [-0.05, 0) is 55.0 Å². The van der Waals surface area contributed by atoms with Crippen LogP contribution in [0.15, 0.2) is 60.9 Å². The molecule has 448 valence electrons. The number of nitrogens with zero attached hydrogens (tertiary/aromatic N) is 7. The maximum Gasteiger partial charge on any atom is 0.317 e. The highest BCUT2D eigenvalue weighted by atomic mass is 16.5. The molecule has 3 atom stereocenters. The van der Waals surface area contributed by atoms with Crippen LogP contribution in [0.2, 0.25) is 0 Å². The SMILES string of the molecule is O=C(O)CC[C@H](NC(=O)[C@@H](CCC(=O)O)NC(=O)CN1CCN(CC(=O)O)CCN(CC(=O)O)CCN(CC(O)O)CC1)C(=O)NCCCCN1Cc2cc(C(=O)N(Cc3ccccc3)Cc3ncc[nH]3)ccc2N[C@H](CC(=O)O)C1=O. The third-order valence-electron chi connectivity index (χ3n) is 13.6. The number of aliphatic carboxylic acids is 5. The number of carbonyl (C=O) groups excluding carboxylic acids is 5. The molecule has 1 fully saturated rings. The minimum atomic E-state index is -1.75. The van der Waals surface area contributed by atoms with Crippen LogP contribution in [0.1, 0.15) is 72.3 Å². The van der Waals surface area contributed by atoms with Crippen LogP contribution in [-0.4, -0.2) is 251 Å². The zero-order chi connectivity index (χ0) is 59.7. The van der Waals surface area contributed by atoms with Gasteiger partial charge in [-0.25, -0.2) is 4.98 Å². The number of amides is 5. The molecule has 2 aliphatic heterocycles. The number of carbonyl (C=O) groups is 10. The molecule has 0 aliphatic carbocycles. The Balaban J connectivity index is 1.23. The summed E-state index contributed by atoms with van der Waals surface area (Å²) < 4.78 is 0. The van der Waals surface area contributed by atoms with Crippen molar-refractivity contribution in [3.05, 3.63) is 83.4 Å². The highest BCUT2D eigenvalue weighted by molar-refractivity contribution is 5.96. The van der Waals surface area contributed by atoms with Gasteiger partial charge >= 0.3 is 29.8 Å². The molecule has 0 spiro atoms. The summed E-state index contributed by atoms with van der Waals surface area (Å²) in [6.07, 6.45) is -0.591. The van der Waals surface area contributed by atoms with Gasteiger partial charge in [0.2, 0.25) is 23.6 Å². The molecule has 0 unspecified atom stereocenters. The number of hydrogen-bond donors (Lipinski definition) is 12. The lowest BCUT2D eigenvalue weighted by Crippen LogP contribution is -2.55. The lowest BCUT2D eigenvalue weighted by Gasteiger charge is -2.33. The van der Waals surface area contributed by atoms with Crippen molar-refractivity contribution < 1.29 is 83.7 Å². The first-order chi connectivity index (χ1) is 39.1. The van der Waals surface area contributed by atoms with Crippen molar-refractivity contribution >= 4 is 65.1 Å². The maximum atomic E-state index is 14.2. The van der Waals surface area contributed by atoms with Crippen molar-refractivity contribution in [2.75, 3.05) is 96.9 Å². The van der Waals surface area contributed by atoms with Crippen molar-refractivity contribution in [3.8, 4) is 0 Å². The molecule has 3 aromatic rings. The summed E-state index contributed by atoms with van der Waals surface area (Å²) in [5.74, 6) is -8.94. The van der Waals surface area contributed by atoms with E-state index in [1.807, 2.05) is 30.3 Å². The van der Waals surface area contributed by atoms with Crippen LogP contribution in [0.4, 0.5) is 5.69 Å². The van der Waals surface area contributed by atoms with E-state index in [1.54, 1.807) is 55.1 Å². The molecule has 12 N–H and O–H groups in total. The van der Waals surface area contributed by atoms with Gasteiger partial charge in [-0.15, -0.1) is 0 Å². The van der Waals surface area contributed by atoms with Gasteiger partial charge in [0.1, 0.15) is 23.9 Å². The van der Waals surface area contributed by atoms with Gasteiger partial charge in [-0.1, -0.05) is 30.3 Å². The maximum absolute atomic E-state index is 14.2. The molecule has 29 nitrogen and oxygen atoms in total. The van der Waals surface area contributed by atoms with E-state index in [4.69, 9.17) is 0 Å². The Morgan fingerprint density at radius 2 is 1.26 bits per heavy atom. The van der Waals surface area contributed by atoms with Gasteiger partial charge in [0, 0.05) is 122 Å². The number of rotatable bonds is 30. The molecule has 0 radical (unpaired) electrons. The van der Waals surface area contributed by atoms with E-state index in [9.17, 15) is 83.7 Å². The summed E-state index contributed by atoms with van der Waals surface area (Å²) in [4.78, 5) is 145. The molecule has 1 aromatic heterocycles. The molecule has 0 bridgehead atoms. The van der Waals surface area contributed by atoms with Gasteiger partial charge in [0.25, 0.3) is 5.91 Å². The number of fused-ring (bicyclic) bond motifs is 1. The van der Waals surface area contributed by atoms with Crippen LogP contribution in [0.25, 0.3) is 0 Å². The van der Waals surface area contributed by atoms with Gasteiger partial charge < -0.3 is 71.8 Å². The molecule has 1 saturated heterocycles. The number of aromatic nitrogens is 2. The van der Waals surface area contributed by atoms with E-state index in [0.717, 1.165) is 5.56 Å². The Hall–Kier alpha value is -8.09. The number of anilines is 1. The highest BCUT2D eigenvalue weighted by Gasteiger charge is 2.33. The van der Waals surface area contributed by atoms with E-state index in [2.05, 4.69) is 31.2 Å². The van der Waals surface area contributed by atoms with Crippen LogP contribution in [-0.2, 0) is 62.8 Å². The van der Waals surface area contributed by atoms with Crippen molar-refractivity contribution in [3.63, 3.8) is 0 Å². The van der Waals surface area contributed by atoms with Gasteiger partial charge in [0.05, 0.1) is 32.6 Å². The van der Waals surface area contributed by atoms with E-state index in [0.29, 0.717) is 22.6 Å². The molecule has 0 saturated carbocycles. The number of nitrogens with one attached hydrogen (secondary N) is 5. The Kier molecular flexibility index (Phi) is 26.0. The number of hydrogen-bond acceptors (Lipinski definition) is 18. The topological polar surface area (TPSA) is 409 Å². The molecule has 29 heteroatoms. The Bertz CT molecular complexity index is 2650. The van der Waals surface area contributed by atoms with E-state index in [-0.39, 0.29) is 117 Å². The number of imidazole rings is 1. The fourth-order valence-electron chi connectivity index (χ4n) is 9.41. The number of carboxylic acid groups (broad SMARTS) is 5. The number of H-pyrrole nitrogens is 1. The summed E-state index contributed by atoms with van der Waals surface area (Å²) in [7, 11) is 0. The van der Waals surface area contributed by atoms with Crippen molar-refractivity contribution in [2.24, 2.45) is 0 Å². The minimum Gasteiger partial charge on any atom is -0.481 e. The number of benzene rings is 2. The van der Waals surface area contributed by atoms with Crippen LogP contribution < -0.4 is 21.3 Å². The number of carboxylic acids is 5. The number of unbranched alkanes of at least 4 members (excludes halogenated alkanes) is 1. The van der Waals surface area contributed by atoms with Gasteiger partial charge in [-0.3, -0.25) is 67.5 Å². The zero-order valence-electron chi connectivity index (χ0n) is 45.4. The first-order valence-electron chi connectivity index (χ1n) is 26.8. The van der Waals surface area contributed by atoms with E-state index in [1.165, 1.54) is 4.90 Å². The number of β-amino-alcohol motifs (C(OH)–C–C–N with tert-alkyl or cyclic N) is 2. The van der Waals surface area contributed by atoms with Crippen molar-refractivity contribution in [2.45, 2.75) is 89.0 Å². The highest BCUT2D eigenvalue weighted by Crippen LogP contribution is 2.27. The molecule has 5 rings (SSSR count). The minimum absolute atomic E-state index is 0.00127. The molecular formula is C53H74N12O17. The predicted octanol–water partition coefficient (Wildman–Crippen LogP) is -1.85. The molecule has 5 amide bonds. The van der Waals surface area contributed by atoms with E-state index < -0.39 is 123 Å². The summed E-state index contributed by atoms with van der Waals surface area (Å²) in [6.45, 7) is 0.158. The summed E-state index contributed by atoms with van der Waals surface area (Å²) >= 11 is 0. The molecule has 2 aromatic carbocycles. The van der Waals surface area contributed by atoms with Crippen LogP contribution in [0, 0.1) is 0 Å². The predicted molar refractivity (Wildman–Crippen MR) is 289 cm³/mol. The Morgan fingerprint density at radius 1 is 0.671 bits per heavy atom. The summed E-state index contributed by atoms with van der Waals surface area (Å²) in [5.41, 5.74) is 2.20. The zero-order valence-corrected chi connectivity index (χ0v) is 45.4. The standard InChI is InChI=1S/C53H74N12O17/c66-43(31-60-18-20-61(32-47(73)74)22-24-63(34-49(77)78)25-23-62(21-19-60)33-48(75)76)58-40(11-13-45(69)70)51(80)59-39(10-12-44(67)68)50(79)56-14-4-5-17-64-29-37-26-36(8-9-38(37)57-41(53(64)82)27-46(71)72)52(81)65(30-42-54-15-16-55-42)28-35-6-2-1-3-7-35/h1-3,6-9,15-16,26,39-41,47,57,73-74H,4-5,10-14,17-25,27-34H2,(H,54,55)(H,56,79)(H,58,66)(H,59,80)(H,67,68)(H,69,70)(H,71,72)(H,75,76)(H,77,78)/t39-,40+,41+/m0/s1. The Morgan fingerprint density at radius 3 is 1.80 bits per heavy atom. The normalized spacial score (nSPS) is 16.7. The van der Waals surface area contributed by atoms with Crippen LogP contribution >= 0.6 is 0 Å². The number of aliphatic hydroxyl groups is 2. The average molecular weight is 1150 g/mol. The third-order valence-corrected chi connectivity index (χ3v) is 13.6. The molecular weight excluding hydrogens is 1080 g/mol. The monoisotopic (exact) mass is 1150 g/mol. The fourth-order valence-corrected chi connectivity index (χ4v) is 9.41. The Labute approximate surface area is 472 Å². The van der Waals surface area contributed by atoms with Gasteiger partial charge in [0.15, 0.2) is 6.29 Å². The molecule has 82 heavy (non-hydrogen) atoms. The lowest BCUT2D eigenvalue weighted by molar-refractivity contribution is -0.141. The summed E-state index contributed by atoms with van der Waals surface area (Å²) in [6, 6.07) is 10.1. The van der Waals surface area contributed by atoms with Crippen LogP contribution in [0.5, 0.6) is 0 Å². The van der Waals surface area contributed by atoms with Crippen molar-refractivity contribution in [1.29, 1.82) is 0 Å². The summed E-state index contributed by atoms with van der Waals surface area (Å²) in [5, 5.41) is 78.1. The first-order valence-corrected chi connectivity index (χ1v) is 26.8. The second-order valence-corrected chi connectivity index (χ2v) is 20.1. The smallest absolute Gasteiger partial charge is 0.317 e. The lowest BCUT2D eigenvalue weighted by atomic mass is 10.1. The molecule has 2 aliphatic rings. The largest absolute Gasteiger partial charge is 0.481 e. The van der Waals surface area contributed by atoms with E-state index >= 15 is 0 Å². The second-order valence-electron chi connectivity index (χ2n) is 20.1. The average Bonchev–Trinajstić information content (AvgIpc) is 4.14.